The highest BCUT2D eigenvalue weighted by Crippen LogP contribution is 2.60. The summed E-state index contributed by atoms with van der Waals surface area (Å²) < 4.78 is 11.3. The van der Waals surface area contributed by atoms with E-state index in [2.05, 4.69) is 0 Å². The smallest absolute Gasteiger partial charge is 0.526 e. The third kappa shape index (κ3) is 3.28. The number of hydrogen-bond acceptors (Lipinski definition) is 8. The van der Waals surface area contributed by atoms with Gasteiger partial charge in [-0.3, -0.25) is 4.90 Å². The fraction of sp³-hybridized carbons (Fsp3) is 0.588. The maximum Gasteiger partial charge on any atom is 0.526 e. The largest absolute Gasteiger partial charge is 0.535 e. The van der Waals surface area contributed by atoms with Gasteiger partial charge in [-0.25, -0.2) is 4.79 Å². The molecule has 0 aromatic heterocycles. The molecule has 0 amide bonds. The van der Waals surface area contributed by atoms with E-state index in [9.17, 15) is 25.1 Å². The van der Waals surface area contributed by atoms with Crippen molar-refractivity contribution in [2.75, 3.05) is 32.8 Å². The number of carboxylic acids is 1. The molecule has 1 saturated heterocycles. The van der Waals surface area contributed by atoms with Crippen LogP contribution in [0.25, 0.3) is 0 Å². The van der Waals surface area contributed by atoms with Crippen LogP contribution >= 0.6 is 0 Å². The summed E-state index contributed by atoms with van der Waals surface area (Å²) in [5.41, 5.74) is 5.55. The summed E-state index contributed by atoms with van der Waals surface area (Å²) in [6, 6.07) is 3.46. The molecule has 3 aliphatic rings. The Morgan fingerprint density at radius 3 is 2.70 bits per heavy atom. The van der Waals surface area contributed by atoms with Crippen molar-refractivity contribution in [3.8, 4) is 11.5 Å². The fourth-order valence-electron chi connectivity index (χ4n) is 3.90. The molecule has 10 heteroatoms. The molecular weight excluding hydrogens is 355 g/mol. The van der Waals surface area contributed by atoms with Crippen LogP contribution in [0.2, 0.25) is 5.82 Å². The number of hydrogen-bond donors (Lipinski definition) is 5. The lowest BCUT2D eigenvalue weighted by Gasteiger charge is -2.43. The Kier molecular flexibility index (Phi) is 4.56. The Bertz CT molecular complexity index is 751. The molecule has 2 atom stereocenters. The van der Waals surface area contributed by atoms with Gasteiger partial charge in [-0.1, -0.05) is 6.07 Å². The number of nitrogens with zero attached hydrogens (tertiary/aromatic N) is 1. The number of aliphatic hydroxyl groups is 2. The predicted octanol–water partition coefficient (Wildman–Crippen LogP) is -1.14. The topological polar surface area (TPSA) is 146 Å². The van der Waals surface area contributed by atoms with Crippen LogP contribution in [-0.2, 0) is 0 Å². The zero-order valence-corrected chi connectivity index (χ0v) is 14.7. The Morgan fingerprint density at radius 1 is 1.37 bits per heavy atom. The van der Waals surface area contributed by atoms with Crippen LogP contribution < -0.4 is 15.1 Å². The molecule has 2 fully saturated rings. The minimum Gasteiger partial charge on any atom is -0.535 e. The van der Waals surface area contributed by atoms with E-state index < -0.39 is 18.6 Å². The van der Waals surface area contributed by atoms with Crippen molar-refractivity contribution < 1.29 is 34.5 Å². The molecule has 1 aromatic carbocycles. The van der Waals surface area contributed by atoms with Gasteiger partial charge in [0.15, 0.2) is 0 Å². The number of fused-ring (bicyclic) bond motifs is 3. The summed E-state index contributed by atoms with van der Waals surface area (Å²) in [4.78, 5) is 13.7. The van der Waals surface area contributed by atoms with Crippen molar-refractivity contribution in [3.05, 3.63) is 23.3 Å². The zero-order chi connectivity index (χ0) is 19.3. The fourth-order valence-corrected chi connectivity index (χ4v) is 3.90. The SMILES string of the molecule is NC(CO)(CO)CN1CC(Oc2ccc3c(c2C(=O)O)OB(O)[C@H]2CC32)C1. The first-order valence-electron chi connectivity index (χ1n) is 9.00. The number of rotatable bonds is 7. The molecule has 146 valence electrons. The molecule has 0 spiro atoms. The van der Waals surface area contributed by atoms with Crippen LogP contribution in [0.4, 0.5) is 0 Å². The van der Waals surface area contributed by atoms with E-state index in [0.29, 0.717) is 19.6 Å². The lowest BCUT2D eigenvalue weighted by Crippen LogP contribution is -2.63. The van der Waals surface area contributed by atoms with Gasteiger partial charge in [-0.2, -0.15) is 0 Å². The van der Waals surface area contributed by atoms with E-state index in [-0.39, 0.29) is 48.1 Å². The molecule has 2 aliphatic heterocycles. The number of likely N-dealkylation sites (tertiary alicyclic amines) is 1. The first kappa shape index (κ1) is 18.5. The van der Waals surface area contributed by atoms with Crippen LogP contribution in [0.15, 0.2) is 12.1 Å². The third-order valence-corrected chi connectivity index (χ3v) is 5.59. The van der Waals surface area contributed by atoms with E-state index in [1.165, 1.54) is 0 Å². The summed E-state index contributed by atoms with van der Waals surface area (Å²) >= 11 is 0. The molecule has 9 nitrogen and oxygen atoms in total. The Morgan fingerprint density at radius 2 is 2.07 bits per heavy atom. The van der Waals surface area contributed by atoms with Gasteiger partial charge >= 0.3 is 13.1 Å². The van der Waals surface area contributed by atoms with Gasteiger partial charge in [0.05, 0.1) is 18.8 Å². The van der Waals surface area contributed by atoms with E-state index in [1.54, 1.807) is 6.07 Å². The van der Waals surface area contributed by atoms with Gasteiger partial charge < -0.3 is 35.5 Å². The van der Waals surface area contributed by atoms with Gasteiger partial charge in [-0.15, -0.1) is 0 Å². The van der Waals surface area contributed by atoms with Crippen LogP contribution in [0.5, 0.6) is 11.5 Å². The maximum atomic E-state index is 11.8. The molecule has 1 saturated carbocycles. The van der Waals surface area contributed by atoms with E-state index in [1.807, 2.05) is 11.0 Å². The number of nitrogens with two attached hydrogens (primary N) is 1. The molecule has 6 N–H and O–H groups in total. The third-order valence-electron chi connectivity index (χ3n) is 5.59. The average molecular weight is 378 g/mol. The summed E-state index contributed by atoms with van der Waals surface area (Å²) in [6.45, 7) is 0.656. The van der Waals surface area contributed by atoms with Crippen LogP contribution in [0.3, 0.4) is 0 Å². The molecule has 1 unspecified atom stereocenters. The second kappa shape index (κ2) is 6.64. The number of ether oxygens (including phenoxy) is 1. The quantitative estimate of drug-likeness (QED) is 0.372. The highest BCUT2D eigenvalue weighted by Gasteiger charge is 2.54. The molecule has 1 aromatic rings. The first-order valence-corrected chi connectivity index (χ1v) is 9.00. The summed E-state index contributed by atoms with van der Waals surface area (Å²) in [6.07, 6.45) is 0.562. The summed E-state index contributed by atoms with van der Waals surface area (Å²) in [5.74, 6) is -0.569. The molecule has 27 heavy (non-hydrogen) atoms. The van der Waals surface area contributed by atoms with Crippen molar-refractivity contribution in [3.63, 3.8) is 0 Å². The molecule has 4 rings (SSSR count). The summed E-state index contributed by atoms with van der Waals surface area (Å²) in [7, 11) is -0.982. The molecule has 0 bridgehead atoms. The van der Waals surface area contributed by atoms with Gasteiger partial charge in [0.2, 0.25) is 0 Å². The maximum absolute atomic E-state index is 11.8. The lowest BCUT2D eigenvalue weighted by atomic mass is 9.77. The molecule has 2 heterocycles. The van der Waals surface area contributed by atoms with Gasteiger partial charge in [0.25, 0.3) is 0 Å². The monoisotopic (exact) mass is 378 g/mol. The average Bonchev–Trinajstić information content (AvgIpc) is 3.40. The second-order valence-corrected chi connectivity index (χ2v) is 7.79. The second-order valence-electron chi connectivity index (χ2n) is 7.79. The zero-order valence-electron chi connectivity index (χ0n) is 14.7. The van der Waals surface area contributed by atoms with Crippen molar-refractivity contribution in [1.82, 2.24) is 4.90 Å². The van der Waals surface area contributed by atoms with E-state index >= 15 is 0 Å². The van der Waals surface area contributed by atoms with Gasteiger partial charge in [0, 0.05) is 25.5 Å². The van der Waals surface area contributed by atoms with E-state index in [0.717, 1.165) is 12.0 Å². The number of aliphatic hydroxyl groups excluding tert-OH is 2. The highest BCUT2D eigenvalue weighted by atomic mass is 16.5. The van der Waals surface area contributed by atoms with Crippen LogP contribution in [-0.4, -0.2) is 82.8 Å². The lowest BCUT2D eigenvalue weighted by molar-refractivity contribution is -0.0121. The van der Waals surface area contributed by atoms with Gasteiger partial charge in [-0.05, 0) is 24.0 Å². The molecule has 1 aliphatic carbocycles. The normalized spacial score (nSPS) is 24.5. The Hall–Kier alpha value is -1.85. The molecule has 0 radical (unpaired) electrons. The highest BCUT2D eigenvalue weighted by molar-refractivity contribution is 6.48. The summed E-state index contributed by atoms with van der Waals surface area (Å²) in [5, 5.41) is 38.2. The number of carboxylic acid groups (broad SMARTS) is 1. The minimum atomic E-state index is -1.16. The standard InChI is InChI=1S/C17H23BN2O7/c19-17(7-21,8-22)6-20-4-9(5-20)26-13-2-1-10-11-3-12(11)18(25)27-15(10)14(13)16(23)24/h1-2,9,11-12,21-22,25H,3-8,19H2,(H,23,24)/t11?,12-/m0/s1. The molecular formula is C17H23BN2O7. The number of carbonyl (C=O) groups is 1. The van der Waals surface area contributed by atoms with Gasteiger partial charge in [0.1, 0.15) is 23.2 Å². The van der Waals surface area contributed by atoms with Crippen molar-refractivity contribution in [2.24, 2.45) is 5.73 Å². The van der Waals surface area contributed by atoms with Crippen molar-refractivity contribution in [1.29, 1.82) is 0 Å². The Balaban J connectivity index is 1.46. The Labute approximate surface area is 156 Å². The van der Waals surface area contributed by atoms with Crippen molar-refractivity contribution >= 4 is 13.1 Å². The predicted molar refractivity (Wildman–Crippen MR) is 95.1 cm³/mol. The van der Waals surface area contributed by atoms with Crippen molar-refractivity contribution in [2.45, 2.75) is 29.8 Å². The van der Waals surface area contributed by atoms with Crippen LogP contribution in [0, 0.1) is 0 Å². The van der Waals surface area contributed by atoms with E-state index in [4.69, 9.17) is 15.1 Å². The van der Waals surface area contributed by atoms with Crippen LogP contribution in [0.1, 0.15) is 28.3 Å². The number of aromatic carboxylic acids is 1. The number of benzene rings is 1. The minimum absolute atomic E-state index is 0.0423. The first-order chi connectivity index (χ1) is 12.8.